The fraction of sp³-hybridized carbons (Fsp3) is 0.111. The Labute approximate surface area is 91.1 Å². The van der Waals surface area contributed by atoms with E-state index in [0.29, 0.717) is 10.6 Å². The van der Waals surface area contributed by atoms with Gasteiger partial charge in [-0.25, -0.2) is 5.48 Å². The molecule has 0 aliphatic rings. The predicted molar refractivity (Wildman–Crippen MR) is 54.1 cm³/mol. The van der Waals surface area contributed by atoms with Crippen molar-refractivity contribution in [3.05, 3.63) is 34.9 Å². The molecule has 0 fully saturated rings. The van der Waals surface area contributed by atoms with Crippen molar-refractivity contribution < 1.29 is 14.4 Å². The molecular formula is C9H9ClN2O3. The number of hydroxylamine groups is 1. The summed E-state index contributed by atoms with van der Waals surface area (Å²) in [5, 5.41) is 0.532. The van der Waals surface area contributed by atoms with Crippen molar-refractivity contribution >= 4 is 23.4 Å². The van der Waals surface area contributed by atoms with Gasteiger partial charge in [-0.1, -0.05) is 11.6 Å². The molecule has 0 atom stereocenters. The van der Waals surface area contributed by atoms with Crippen molar-refractivity contribution in [1.29, 1.82) is 0 Å². The van der Waals surface area contributed by atoms with Crippen LogP contribution >= 0.6 is 11.6 Å². The molecule has 1 aromatic rings. The van der Waals surface area contributed by atoms with E-state index in [1.807, 2.05) is 0 Å². The lowest BCUT2D eigenvalue weighted by Crippen LogP contribution is -2.29. The number of carbonyl (C=O) groups excluding carboxylic acids is 2. The molecule has 0 spiro atoms. The molecule has 1 rings (SSSR count). The van der Waals surface area contributed by atoms with Crippen molar-refractivity contribution in [1.82, 2.24) is 5.48 Å². The van der Waals surface area contributed by atoms with E-state index in [0.717, 1.165) is 0 Å². The Morgan fingerprint density at radius 2 is 1.93 bits per heavy atom. The molecule has 0 aromatic heterocycles. The molecule has 1 aromatic carbocycles. The van der Waals surface area contributed by atoms with E-state index < -0.39 is 11.8 Å². The van der Waals surface area contributed by atoms with E-state index >= 15 is 0 Å². The number of benzene rings is 1. The Kier molecular flexibility index (Phi) is 4.08. The van der Waals surface area contributed by atoms with Crippen LogP contribution in [-0.2, 0) is 9.63 Å². The molecule has 80 valence electrons. The van der Waals surface area contributed by atoms with Gasteiger partial charge in [-0.05, 0) is 24.3 Å². The first-order valence-electron chi connectivity index (χ1n) is 4.05. The SMILES string of the molecule is NC(=O)CONC(=O)c1ccc(Cl)cc1. The standard InChI is InChI=1S/C9H9ClN2O3/c10-7-3-1-6(2-4-7)9(14)12-15-5-8(11)13/h1-4H,5H2,(H2,11,13)(H,12,14). The fourth-order valence-electron chi connectivity index (χ4n) is 0.833. The third kappa shape index (κ3) is 3.97. The number of rotatable bonds is 4. The van der Waals surface area contributed by atoms with Crippen LogP contribution in [0, 0.1) is 0 Å². The van der Waals surface area contributed by atoms with Crippen molar-refractivity contribution in [2.45, 2.75) is 0 Å². The van der Waals surface area contributed by atoms with Crippen LogP contribution in [0.5, 0.6) is 0 Å². The average molecular weight is 229 g/mol. The molecule has 0 unspecified atom stereocenters. The summed E-state index contributed by atoms with van der Waals surface area (Å²) in [6.45, 7) is -0.362. The Hall–Kier alpha value is -1.59. The lowest BCUT2D eigenvalue weighted by Gasteiger charge is -2.03. The van der Waals surface area contributed by atoms with Gasteiger partial charge in [0, 0.05) is 10.6 Å². The number of nitrogens with one attached hydrogen (secondary N) is 1. The molecule has 2 amide bonds. The van der Waals surface area contributed by atoms with E-state index in [4.69, 9.17) is 17.3 Å². The van der Waals surface area contributed by atoms with Crippen LogP contribution in [0.3, 0.4) is 0 Å². The van der Waals surface area contributed by atoms with Gasteiger partial charge >= 0.3 is 0 Å². The molecule has 0 saturated heterocycles. The first-order valence-corrected chi connectivity index (χ1v) is 4.43. The van der Waals surface area contributed by atoms with E-state index in [9.17, 15) is 9.59 Å². The zero-order valence-corrected chi connectivity index (χ0v) is 8.45. The number of hydrogen-bond acceptors (Lipinski definition) is 3. The summed E-state index contributed by atoms with van der Waals surface area (Å²) >= 11 is 5.64. The predicted octanol–water partition coefficient (Wildman–Crippen LogP) is 0.487. The van der Waals surface area contributed by atoms with E-state index in [-0.39, 0.29) is 6.61 Å². The normalized spacial score (nSPS) is 9.67. The Balaban J connectivity index is 2.47. The Morgan fingerprint density at radius 1 is 1.33 bits per heavy atom. The summed E-state index contributed by atoms with van der Waals surface area (Å²) in [5.41, 5.74) is 7.25. The maximum Gasteiger partial charge on any atom is 0.274 e. The zero-order valence-electron chi connectivity index (χ0n) is 7.70. The topological polar surface area (TPSA) is 81.4 Å². The smallest absolute Gasteiger partial charge is 0.274 e. The minimum absolute atomic E-state index is 0.362. The van der Waals surface area contributed by atoms with Crippen LogP contribution in [0.4, 0.5) is 0 Å². The van der Waals surface area contributed by atoms with Crippen LogP contribution in [-0.4, -0.2) is 18.4 Å². The number of primary amides is 1. The summed E-state index contributed by atoms with van der Waals surface area (Å²) < 4.78 is 0. The van der Waals surface area contributed by atoms with Gasteiger partial charge in [0.25, 0.3) is 5.91 Å². The molecule has 6 heteroatoms. The first-order chi connectivity index (χ1) is 7.09. The van der Waals surface area contributed by atoms with Crippen molar-refractivity contribution in [2.75, 3.05) is 6.61 Å². The summed E-state index contributed by atoms with van der Waals surface area (Å²) in [4.78, 5) is 26.1. The summed E-state index contributed by atoms with van der Waals surface area (Å²) in [7, 11) is 0. The fourth-order valence-corrected chi connectivity index (χ4v) is 0.959. The summed E-state index contributed by atoms with van der Waals surface area (Å²) in [5.74, 6) is -1.13. The van der Waals surface area contributed by atoms with Crippen molar-refractivity contribution in [2.24, 2.45) is 5.73 Å². The highest BCUT2D eigenvalue weighted by Gasteiger charge is 2.05. The third-order valence-corrected chi connectivity index (χ3v) is 1.74. The second kappa shape index (κ2) is 5.33. The minimum Gasteiger partial charge on any atom is -0.368 e. The van der Waals surface area contributed by atoms with Crippen molar-refractivity contribution in [3.8, 4) is 0 Å². The molecular weight excluding hydrogens is 220 g/mol. The Morgan fingerprint density at radius 3 is 2.47 bits per heavy atom. The minimum atomic E-state index is -0.661. The quantitative estimate of drug-likeness (QED) is 0.736. The average Bonchev–Trinajstić information content (AvgIpc) is 2.18. The van der Waals surface area contributed by atoms with Gasteiger partial charge < -0.3 is 5.73 Å². The third-order valence-electron chi connectivity index (χ3n) is 1.49. The molecule has 3 N–H and O–H groups in total. The van der Waals surface area contributed by atoms with Crippen LogP contribution in [0.25, 0.3) is 0 Å². The number of halogens is 1. The van der Waals surface area contributed by atoms with Gasteiger partial charge in [-0.2, -0.15) is 0 Å². The molecule has 0 heterocycles. The number of carbonyl (C=O) groups is 2. The zero-order chi connectivity index (χ0) is 11.3. The molecule has 0 saturated carbocycles. The number of hydrogen-bond donors (Lipinski definition) is 2. The highest BCUT2D eigenvalue weighted by Crippen LogP contribution is 2.09. The maximum atomic E-state index is 11.3. The second-order valence-electron chi connectivity index (χ2n) is 2.69. The van der Waals surface area contributed by atoms with E-state index in [1.54, 1.807) is 12.1 Å². The Bertz CT molecular complexity index is 364. The van der Waals surface area contributed by atoms with E-state index in [1.165, 1.54) is 12.1 Å². The van der Waals surface area contributed by atoms with Crippen LogP contribution < -0.4 is 11.2 Å². The van der Waals surface area contributed by atoms with Crippen molar-refractivity contribution in [3.63, 3.8) is 0 Å². The molecule has 0 aliphatic heterocycles. The van der Waals surface area contributed by atoms with Gasteiger partial charge in [0.1, 0.15) is 0 Å². The van der Waals surface area contributed by atoms with Gasteiger partial charge in [-0.15, -0.1) is 0 Å². The van der Waals surface area contributed by atoms with Gasteiger partial charge in [-0.3, -0.25) is 14.4 Å². The molecule has 0 aliphatic carbocycles. The highest BCUT2D eigenvalue weighted by molar-refractivity contribution is 6.30. The molecule has 5 nitrogen and oxygen atoms in total. The van der Waals surface area contributed by atoms with E-state index in [2.05, 4.69) is 10.3 Å². The molecule has 0 radical (unpaired) electrons. The van der Waals surface area contributed by atoms with Gasteiger partial charge in [0.05, 0.1) is 0 Å². The van der Waals surface area contributed by atoms with Crippen LogP contribution in [0.1, 0.15) is 10.4 Å². The second-order valence-corrected chi connectivity index (χ2v) is 3.13. The lowest BCUT2D eigenvalue weighted by atomic mass is 10.2. The maximum absolute atomic E-state index is 11.3. The lowest BCUT2D eigenvalue weighted by molar-refractivity contribution is -0.124. The first kappa shape index (κ1) is 11.5. The van der Waals surface area contributed by atoms with Gasteiger partial charge in [0.15, 0.2) is 6.61 Å². The highest BCUT2D eigenvalue weighted by atomic mass is 35.5. The van der Waals surface area contributed by atoms with Crippen LogP contribution in [0.15, 0.2) is 24.3 Å². The molecule has 15 heavy (non-hydrogen) atoms. The number of amides is 2. The monoisotopic (exact) mass is 228 g/mol. The molecule has 0 bridgehead atoms. The van der Waals surface area contributed by atoms with Crippen LogP contribution in [0.2, 0.25) is 5.02 Å². The summed E-state index contributed by atoms with van der Waals surface area (Å²) in [6.07, 6.45) is 0. The van der Waals surface area contributed by atoms with Gasteiger partial charge in [0.2, 0.25) is 5.91 Å². The number of nitrogens with two attached hydrogens (primary N) is 1. The largest absolute Gasteiger partial charge is 0.368 e. The summed E-state index contributed by atoms with van der Waals surface area (Å²) in [6, 6.07) is 6.21.